The largest absolute Gasteiger partial charge is 0.488 e. The molecule has 0 N–H and O–H groups in total. The molecule has 0 spiro atoms. The van der Waals surface area contributed by atoms with Crippen LogP contribution in [0.25, 0.3) is 10.8 Å². The van der Waals surface area contributed by atoms with Gasteiger partial charge in [0.2, 0.25) is 0 Å². The molecule has 4 rings (SSSR count). The van der Waals surface area contributed by atoms with Gasteiger partial charge in [-0.15, -0.1) is 0 Å². The highest BCUT2D eigenvalue weighted by atomic mass is 19.1. The van der Waals surface area contributed by atoms with E-state index in [4.69, 9.17) is 9.73 Å². The molecule has 0 unspecified atom stereocenters. The lowest BCUT2D eigenvalue weighted by atomic mass is 10.0. The van der Waals surface area contributed by atoms with Crippen LogP contribution in [0.2, 0.25) is 0 Å². The number of hydrogen-bond acceptors (Lipinski definition) is 2. The van der Waals surface area contributed by atoms with Gasteiger partial charge < -0.3 is 4.74 Å². The van der Waals surface area contributed by atoms with Crippen LogP contribution >= 0.6 is 0 Å². The van der Waals surface area contributed by atoms with Gasteiger partial charge in [0, 0.05) is 11.8 Å². The monoisotopic (exact) mass is 383 g/mol. The quantitative estimate of drug-likeness (QED) is 0.343. The Hall–Kier alpha value is -3.46. The van der Waals surface area contributed by atoms with E-state index < -0.39 is 0 Å². The highest BCUT2D eigenvalue weighted by Gasteiger charge is 2.08. The van der Waals surface area contributed by atoms with Crippen molar-refractivity contribution in [1.29, 1.82) is 0 Å². The highest BCUT2D eigenvalue weighted by molar-refractivity contribution is 6.03. The van der Waals surface area contributed by atoms with E-state index >= 15 is 0 Å². The van der Waals surface area contributed by atoms with E-state index in [1.54, 1.807) is 12.1 Å². The third-order valence-corrected chi connectivity index (χ3v) is 5.07. The normalized spacial score (nSPS) is 11.3. The van der Waals surface area contributed by atoms with E-state index in [1.807, 2.05) is 36.5 Å². The Morgan fingerprint density at radius 3 is 2.45 bits per heavy atom. The van der Waals surface area contributed by atoms with Crippen LogP contribution in [0.5, 0.6) is 5.75 Å². The van der Waals surface area contributed by atoms with Crippen molar-refractivity contribution in [2.75, 3.05) is 0 Å². The average molecular weight is 383 g/mol. The van der Waals surface area contributed by atoms with Crippen molar-refractivity contribution in [3.05, 3.63) is 107 Å². The van der Waals surface area contributed by atoms with Crippen LogP contribution in [0.4, 0.5) is 10.1 Å². The topological polar surface area (TPSA) is 21.6 Å². The standard InChI is InChI=1S/C26H22FNO/c1-18-7-13-23(15-19(18)2)28-16-25-24-6-4-3-5-21(24)10-14-26(25)29-17-20-8-11-22(27)12-9-20/h3-16H,17H2,1-2H3. The van der Waals surface area contributed by atoms with E-state index in [9.17, 15) is 4.39 Å². The van der Waals surface area contributed by atoms with Crippen LogP contribution in [0, 0.1) is 19.7 Å². The minimum Gasteiger partial charge on any atom is -0.488 e. The number of halogens is 1. The molecule has 0 bridgehead atoms. The van der Waals surface area contributed by atoms with Gasteiger partial charge in [-0.3, -0.25) is 4.99 Å². The number of rotatable bonds is 5. The van der Waals surface area contributed by atoms with E-state index in [-0.39, 0.29) is 5.82 Å². The summed E-state index contributed by atoms with van der Waals surface area (Å²) in [6, 6.07) is 24.7. The van der Waals surface area contributed by atoms with E-state index in [0.717, 1.165) is 33.3 Å². The summed E-state index contributed by atoms with van der Waals surface area (Å²) in [6.45, 7) is 4.54. The van der Waals surface area contributed by atoms with Crippen molar-refractivity contribution in [3.63, 3.8) is 0 Å². The lowest BCUT2D eigenvalue weighted by Crippen LogP contribution is -1.99. The molecule has 0 radical (unpaired) electrons. The van der Waals surface area contributed by atoms with E-state index in [2.05, 4.69) is 38.1 Å². The van der Waals surface area contributed by atoms with Crippen LogP contribution in [0.1, 0.15) is 22.3 Å². The van der Waals surface area contributed by atoms with E-state index in [0.29, 0.717) is 6.61 Å². The van der Waals surface area contributed by atoms with Crippen molar-refractivity contribution in [2.45, 2.75) is 20.5 Å². The molecule has 4 aromatic carbocycles. The van der Waals surface area contributed by atoms with Gasteiger partial charge >= 0.3 is 0 Å². The molecule has 0 atom stereocenters. The molecule has 29 heavy (non-hydrogen) atoms. The molecule has 2 nitrogen and oxygen atoms in total. The van der Waals surface area contributed by atoms with Crippen molar-refractivity contribution >= 4 is 22.7 Å². The Kier molecular flexibility index (Phi) is 5.39. The number of benzene rings is 4. The molecule has 0 saturated heterocycles. The number of hydrogen-bond donors (Lipinski definition) is 0. The second-order valence-electron chi connectivity index (χ2n) is 7.14. The van der Waals surface area contributed by atoms with Crippen LogP contribution < -0.4 is 4.74 Å². The fourth-order valence-corrected chi connectivity index (χ4v) is 3.22. The first-order valence-electron chi connectivity index (χ1n) is 9.60. The Balaban J connectivity index is 1.69. The minimum atomic E-state index is -0.249. The molecule has 0 aliphatic rings. The van der Waals surface area contributed by atoms with Gasteiger partial charge in [-0.1, -0.05) is 48.5 Å². The Morgan fingerprint density at radius 1 is 0.862 bits per heavy atom. The molecule has 0 amide bonds. The first-order chi connectivity index (χ1) is 14.1. The second-order valence-corrected chi connectivity index (χ2v) is 7.14. The van der Waals surface area contributed by atoms with Gasteiger partial charge in [-0.2, -0.15) is 0 Å². The fraction of sp³-hybridized carbons (Fsp3) is 0.115. The Bertz CT molecular complexity index is 1180. The summed E-state index contributed by atoms with van der Waals surface area (Å²) in [5, 5.41) is 2.21. The summed E-state index contributed by atoms with van der Waals surface area (Å²) < 4.78 is 19.2. The molecule has 0 heterocycles. The molecule has 3 heteroatoms. The molecule has 0 aliphatic carbocycles. The zero-order valence-electron chi connectivity index (χ0n) is 16.5. The van der Waals surface area contributed by atoms with Gasteiger partial charge in [0.15, 0.2) is 0 Å². The van der Waals surface area contributed by atoms with Crippen LogP contribution in [0.15, 0.2) is 83.9 Å². The molecule has 0 aromatic heterocycles. The number of nitrogens with zero attached hydrogens (tertiary/aromatic N) is 1. The smallest absolute Gasteiger partial charge is 0.129 e. The Morgan fingerprint density at radius 2 is 1.66 bits per heavy atom. The van der Waals surface area contributed by atoms with Crippen molar-refractivity contribution in [3.8, 4) is 5.75 Å². The molecule has 144 valence electrons. The van der Waals surface area contributed by atoms with Crippen LogP contribution in [0.3, 0.4) is 0 Å². The number of fused-ring (bicyclic) bond motifs is 1. The van der Waals surface area contributed by atoms with Crippen LogP contribution in [-0.4, -0.2) is 6.21 Å². The van der Waals surface area contributed by atoms with Crippen molar-refractivity contribution in [1.82, 2.24) is 0 Å². The number of aliphatic imine (C=N–C) groups is 1. The van der Waals surface area contributed by atoms with Gasteiger partial charge in [0.05, 0.1) is 5.69 Å². The van der Waals surface area contributed by atoms with E-state index in [1.165, 1.54) is 23.3 Å². The fourth-order valence-electron chi connectivity index (χ4n) is 3.22. The predicted molar refractivity (Wildman–Crippen MR) is 118 cm³/mol. The first kappa shape index (κ1) is 18.9. The summed E-state index contributed by atoms with van der Waals surface area (Å²) in [4.78, 5) is 4.70. The lowest BCUT2D eigenvalue weighted by molar-refractivity contribution is 0.306. The summed E-state index contributed by atoms with van der Waals surface area (Å²) in [5.74, 6) is 0.501. The SMILES string of the molecule is Cc1ccc(N=Cc2c(OCc3ccc(F)cc3)ccc3ccccc23)cc1C. The van der Waals surface area contributed by atoms with Crippen molar-refractivity contribution < 1.29 is 9.13 Å². The highest BCUT2D eigenvalue weighted by Crippen LogP contribution is 2.28. The maximum atomic E-state index is 13.1. The lowest BCUT2D eigenvalue weighted by Gasteiger charge is -2.12. The van der Waals surface area contributed by atoms with Crippen LogP contribution in [-0.2, 0) is 6.61 Å². The summed E-state index contributed by atoms with van der Waals surface area (Å²) >= 11 is 0. The summed E-state index contributed by atoms with van der Waals surface area (Å²) in [5.41, 5.74) is 5.22. The second kappa shape index (κ2) is 8.27. The summed E-state index contributed by atoms with van der Waals surface area (Å²) in [7, 11) is 0. The molecule has 0 fully saturated rings. The summed E-state index contributed by atoms with van der Waals surface area (Å²) in [6.07, 6.45) is 1.87. The predicted octanol–water partition coefficient (Wildman–Crippen LogP) is 6.93. The molecule has 4 aromatic rings. The molecule has 0 aliphatic heterocycles. The molecular weight excluding hydrogens is 361 g/mol. The van der Waals surface area contributed by atoms with Gasteiger partial charge in [-0.05, 0) is 71.6 Å². The minimum absolute atomic E-state index is 0.249. The molecule has 0 saturated carbocycles. The maximum Gasteiger partial charge on any atom is 0.129 e. The molecular formula is C26H22FNO. The first-order valence-corrected chi connectivity index (χ1v) is 9.60. The maximum absolute atomic E-state index is 13.1. The van der Waals surface area contributed by atoms with Gasteiger partial charge in [-0.25, -0.2) is 4.39 Å². The number of ether oxygens (including phenoxy) is 1. The number of aryl methyl sites for hydroxylation is 2. The zero-order chi connectivity index (χ0) is 20.2. The third kappa shape index (κ3) is 4.35. The van der Waals surface area contributed by atoms with Crippen molar-refractivity contribution in [2.24, 2.45) is 4.99 Å². The average Bonchev–Trinajstić information content (AvgIpc) is 2.74. The zero-order valence-corrected chi connectivity index (χ0v) is 16.5. The van der Waals surface area contributed by atoms with Gasteiger partial charge in [0.25, 0.3) is 0 Å². The van der Waals surface area contributed by atoms with Gasteiger partial charge in [0.1, 0.15) is 18.2 Å². The Labute approximate surface area is 170 Å². The third-order valence-electron chi connectivity index (χ3n) is 5.07.